The van der Waals surface area contributed by atoms with Gasteiger partial charge in [-0.2, -0.15) is 0 Å². The van der Waals surface area contributed by atoms with Crippen molar-refractivity contribution in [2.75, 3.05) is 20.7 Å². The summed E-state index contributed by atoms with van der Waals surface area (Å²) in [5.41, 5.74) is 1.53. The third-order valence-electron chi connectivity index (χ3n) is 7.21. The number of likely N-dealkylation sites (N-methyl/N-ethyl adjacent to an activating group) is 1. The zero-order chi connectivity index (χ0) is 32.0. The maximum atomic E-state index is 14.2. The number of nitrogens with zero attached hydrogens (tertiary/aromatic N) is 4. The molecule has 0 aliphatic carbocycles. The van der Waals surface area contributed by atoms with Crippen LogP contribution in [0.3, 0.4) is 0 Å². The van der Waals surface area contributed by atoms with Crippen molar-refractivity contribution in [3.63, 3.8) is 0 Å². The van der Waals surface area contributed by atoms with E-state index in [2.05, 4.69) is 9.97 Å². The summed E-state index contributed by atoms with van der Waals surface area (Å²) < 4.78 is 45.1. The minimum Gasteiger partial charge on any atom is -0.481 e. The Morgan fingerprint density at radius 1 is 1.16 bits per heavy atom. The Morgan fingerprint density at radius 3 is 2.64 bits per heavy atom. The molecule has 0 radical (unpaired) electrons. The summed E-state index contributed by atoms with van der Waals surface area (Å²) in [6.45, 7) is 5.06. The molecule has 1 aliphatic heterocycles. The summed E-state index contributed by atoms with van der Waals surface area (Å²) in [7, 11) is 2.74. The summed E-state index contributed by atoms with van der Waals surface area (Å²) in [5.74, 6) is -1.49. The van der Waals surface area contributed by atoms with Crippen molar-refractivity contribution < 1.29 is 37.8 Å². The van der Waals surface area contributed by atoms with E-state index >= 15 is 0 Å². The van der Waals surface area contributed by atoms with Crippen LogP contribution in [0.25, 0.3) is 17.1 Å². The van der Waals surface area contributed by atoms with Crippen molar-refractivity contribution in [1.82, 2.24) is 19.9 Å². The highest BCUT2D eigenvalue weighted by Crippen LogP contribution is 2.30. The van der Waals surface area contributed by atoms with E-state index in [1.54, 1.807) is 40.1 Å². The fraction of sp³-hybridized carbons (Fsp3) is 0.438. The van der Waals surface area contributed by atoms with Crippen LogP contribution in [0.1, 0.15) is 51.2 Å². The van der Waals surface area contributed by atoms with Gasteiger partial charge in [-0.25, -0.2) is 23.6 Å². The van der Waals surface area contributed by atoms with Gasteiger partial charge in [0.25, 0.3) is 5.91 Å². The molecule has 1 aromatic carbocycles. The molecule has 1 fully saturated rings. The number of carbonyl (C=O) groups excluding carboxylic acids is 2. The summed E-state index contributed by atoms with van der Waals surface area (Å²) in [5, 5.41) is 10.5. The Labute approximate surface area is 255 Å². The molecular formula is C32H38F2N4O6. The first-order valence-corrected chi connectivity index (χ1v) is 14.4. The highest BCUT2D eigenvalue weighted by molar-refractivity contribution is 5.82. The summed E-state index contributed by atoms with van der Waals surface area (Å²) in [6.07, 6.45) is 4.25. The second kappa shape index (κ2) is 14.1. The van der Waals surface area contributed by atoms with Crippen LogP contribution in [0.2, 0.25) is 0 Å². The topological polar surface area (TPSA) is 114 Å². The number of hydrogen-bond donors (Lipinski definition) is 1. The van der Waals surface area contributed by atoms with Gasteiger partial charge in [-0.05, 0) is 82.3 Å². The van der Waals surface area contributed by atoms with Crippen LogP contribution < -0.4 is 4.74 Å². The molecule has 12 heteroatoms. The fourth-order valence-electron chi connectivity index (χ4n) is 5.11. The van der Waals surface area contributed by atoms with Crippen molar-refractivity contribution in [2.45, 2.75) is 70.3 Å². The molecule has 0 unspecified atom stereocenters. The monoisotopic (exact) mass is 612 g/mol. The Hall–Kier alpha value is -4.16. The van der Waals surface area contributed by atoms with Crippen molar-refractivity contribution in [1.29, 1.82) is 0 Å². The highest BCUT2D eigenvalue weighted by Gasteiger charge is 2.43. The number of rotatable bonds is 9. The molecular weight excluding hydrogens is 574 g/mol. The van der Waals surface area contributed by atoms with Gasteiger partial charge >= 0.3 is 6.09 Å². The van der Waals surface area contributed by atoms with Gasteiger partial charge in [-0.15, -0.1) is 0 Å². The Morgan fingerprint density at radius 2 is 1.93 bits per heavy atom. The number of amides is 2. The lowest BCUT2D eigenvalue weighted by Gasteiger charge is -2.42. The van der Waals surface area contributed by atoms with Crippen molar-refractivity contribution in [3.05, 3.63) is 71.4 Å². The molecule has 0 bridgehead atoms. The number of hydrogen-bond acceptors (Lipinski definition) is 8. The minimum atomic E-state index is -1.21. The van der Waals surface area contributed by atoms with Gasteiger partial charge in [0.15, 0.2) is 6.10 Å². The van der Waals surface area contributed by atoms with E-state index in [9.17, 15) is 23.6 Å². The molecule has 10 nitrogen and oxygen atoms in total. The lowest BCUT2D eigenvalue weighted by Crippen LogP contribution is -2.57. The Kier molecular flexibility index (Phi) is 10.5. The highest BCUT2D eigenvalue weighted by atomic mass is 19.1. The van der Waals surface area contributed by atoms with Gasteiger partial charge in [0.2, 0.25) is 5.88 Å². The zero-order valence-corrected chi connectivity index (χ0v) is 25.5. The van der Waals surface area contributed by atoms with Crippen molar-refractivity contribution >= 4 is 29.1 Å². The lowest BCUT2D eigenvalue weighted by atomic mass is 9.93. The maximum absolute atomic E-state index is 14.2. The number of aromatic nitrogens is 2. The Bertz CT molecular complexity index is 1510. The van der Waals surface area contributed by atoms with Gasteiger partial charge in [0.05, 0.1) is 30.3 Å². The standard InChI is InChI=1S/C32H38F2N4O6/c1-32(2,3)44-31(40)38(18-6-7-21-19-22(33)9-12-24(21)34)26-14-11-23(43-29(26)30(39)37(4)41)10-8-20-16-17-35-25-13-15-27(42-5)36-28(20)25/h6-7,9,12-13,15-17,19,23,26,29,41H,8,10-11,14,18H2,1-5H3/t23-,26-,29-/m1/s1. The van der Waals surface area contributed by atoms with E-state index in [0.29, 0.717) is 42.1 Å². The van der Waals surface area contributed by atoms with Crippen molar-refractivity contribution in [2.24, 2.45) is 0 Å². The number of pyridine rings is 2. The molecule has 3 aromatic rings. The number of hydroxylamine groups is 2. The van der Waals surface area contributed by atoms with Gasteiger partial charge in [0, 0.05) is 31.4 Å². The average molecular weight is 613 g/mol. The first kappa shape index (κ1) is 32.7. The van der Waals surface area contributed by atoms with E-state index in [0.717, 1.165) is 29.3 Å². The number of halogens is 2. The van der Waals surface area contributed by atoms with Crippen LogP contribution >= 0.6 is 0 Å². The van der Waals surface area contributed by atoms with Crippen LogP contribution in [0.5, 0.6) is 5.88 Å². The van der Waals surface area contributed by atoms with E-state index in [4.69, 9.17) is 14.2 Å². The third kappa shape index (κ3) is 8.26. The molecule has 44 heavy (non-hydrogen) atoms. The predicted octanol–water partition coefficient (Wildman–Crippen LogP) is 5.56. The summed E-state index contributed by atoms with van der Waals surface area (Å²) >= 11 is 0. The van der Waals surface area contributed by atoms with Crippen molar-refractivity contribution in [3.8, 4) is 5.88 Å². The first-order chi connectivity index (χ1) is 20.9. The number of ether oxygens (including phenoxy) is 3. The number of benzene rings is 1. The van der Waals surface area contributed by atoms with Gasteiger partial charge in [-0.3, -0.25) is 19.9 Å². The molecule has 1 aliphatic rings. The summed E-state index contributed by atoms with van der Waals surface area (Å²) in [6, 6.07) is 7.72. The maximum Gasteiger partial charge on any atom is 0.410 e. The molecule has 1 N–H and O–H groups in total. The smallest absolute Gasteiger partial charge is 0.410 e. The van der Waals surface area contributed by atoms with Crippen LogP contribution in [0.15, 0.2) is 48.7 Å². The largest absolute Gasteiger partial charge is 0.481 e. The first-order valence-electron chi connectivity index (χ1n) is 14.4. The lowest BCUT2D eigenvalue weighted by molar-refractivity contribution is -0.186. The molecule has 2 aromatic heterocycles. The molecule has 236 valence electrons. The number of fused-ring (bicyclic) bond motifs is 1. The van der Waals surface area contributed by atoms with Gasteiger partial charge in [-0.1, -0.05) is 12.2 Å². The van der Waals surface area contributed by atoms with Crippen LogP contribution in [0, 0.1) is 11.6 Å². The number of methoxy groups -OCH3 is 1. The van der Waals surface area contributed by atoms with E-state index in [1.807, 2.05) is 12.1 Å². The molecule has 2 amide bonds. The Balaban J connectivity index is 1.56. The van der Waals surface area contributed by atoms with Crippen LogP contribution in [-0.4, -0.2) is 81.7 Å². The van der Waals surface area contributed by atoms with E-state index < -0.39 is 41.4 Å². The van der Waals surface area contributed by atoms with E-state index in [-0.39, 0.29) is 18.2 Å². The predicted molar refractivity (Wildman–Crippen MR) is 159 cm³/mol. The zero-order valence-electron chi connectivity index (χ0n) is 25.5. The number of aryl methyl sites for hydroxylation is 1. The molecule has 4 rings (SSSR count). The molecule has 3 heterocycles. The molecule has 1 saturated heterocycles. The van der Waals surface area contributed by atoms with Crippen LogP contribution in [-0.2, 0) is 20.7 Å². The van der Waals surface area contributed by atoms with E-state index in [1.165, 1.54) is 24.1 Å². The fourth-order valence-corrected chi connectivity index (χ4v) is 5.11. The normalized spacial score (nSPS) is 18.8. The van der Waals surface area contributed by atoms with Gasteiger partial charge < -0.3 is 14.2 Å². The molecule has 0 spiro atoms. The summed E-state index contributed by atoms with van der Waals surface area (Å²) in [4.78, 5) is 36.8. The second-order valence-corrected chi connectivity index (χ2v) is 11.6. The average Bonchev–Trinajstić information content (AvgIpc) is 2.98. The number of carbonyl (C=O) groups is 2. The SMILES string of the molecule is COc1ccc2nccc(CC[C@@H]3CC[C@@H](N(CC=Cc4cc(F)ccc4F)C(=O)OC(C)(C)C)[C@H](C(=O)N(C)O)O3)c2n1. The molecule has 3 atom stereocenters. The second-order valence-electron chi connectivity index (χ2n) is 11.6. The quantitative estimate of drug-likeness (QED) is 0.247. The van der Waals surface area contributed by atoms with Gasteiger partial charge in [0.1, 0.15) is 17.2 Å². The minimum absolute atomic E-state index is 0.00700. The molecule has 0 saturated carbocycles. The van der Waals surface area contributed by atoms with Crippen LogP contribution in [0.4, 0.5) is 13.6 Å². The third-order valence-corrected chi connectivity index (χ3v) is 7.21.